The fraction of sp³-hybridized carbons (Fsp3) is 0.120. The summed E-state index contributed by atoms with van der Waals surface area (Å²) in [5, 5.41) is 14.5. The minimum atomic E-state index is -0.268. The van der Waals surface area contributed by atoms with Gasteiger partial charge in [0.2, 0.25) is 0 Å². The minimum absolute atomic E-state index is 0.104. The molecule has 1 aromatic heterocycles. The van der Waals surface area contributed by atoms with E-state index in [1.54, 1.807) is 30.5 Å². The van der Waals surface area contributed by atoms with E-state index >= 15 is 0 Å². The maximum absolute atomic E-state index is 12.4. The number of halogens is 2. The van der Waals surface area contributed by atoms with E-state index < -0.39 is 0 Å². The summed E-state index contributed by atoms with van der Waals surface area (Å²) in [5.41, 5.74) is 5.05. The summed E-state index contributed by atoms with van der Waals surface area (Å²) in [6.07, 6.45) is 1.58. The number of hydrogen-bond acceptors (Lipinski definition) is 6. The molecular formula is C25H21Cl2N5O2S. The van der Waals surface area contributed by atoms with E-state index in [2.05, 4.69) is 20.7 Å². The quantitative estimate of drug-likeness (QED) is 0.167. The first-order valence-corrected chi connectivity index (χ1v) is 12.4. The van der Waals surface area contributed by atoms with Crippen LogP contribution >= 0.6 is 35.0 Å². The molecule has 0 spiro atoms. The fourth-order valence-corrected chi connectivity index (χ4v) is 4.13. The van der Waals surface area contributed by atoms with Crippen LogP contribution in [-0.4, -0.2) is 39.2 Å². The summed E-state index contributed by atoms with van der Waals surface area (Å²) in [7, 11) is 0. The van der Waals surface area contributed by atoms with E-state index in [1.807, 2.05) is 60.0 Å². The molecule has 0 unspecified atom stereocenters. The molecule has 0 bridgehead atoms. The van der Waals surface area contributed by atoms with Gasteiger partial charge in [-0.3, -0.25) is 9.36 Å². The first-order valence-electron chi connectivity index (χ1n) is 10.7. The molecule has 3 aromatic carbocycles. The average molecular weight is 526 g/mol. The van der Waals surface area contributed by atoms with E-state index in [9.17, 15) is 4.79 Å². The molecule has 0 radical (unpaired) electrons. The lowest BCUT2D eigenvalue weighted by Crippen LogP contribution is -2.20. The zero-order valence-corrected chi connectivity index (χ0v) is 21.0. The number of carbonyl (C=O) groups excluding carboxylic acids is 1. The van der Waals surface area contributed by atoms with Crippen molar-refractivity contribution in [2.75, 3.05) is 12.4 Å². The van der Waals surface area contributed by atoms with Crippen LogP contribution in [-0.2, 0) is 4.79 Å². The van der Waals surface area contributed by atoms with Gasteiger partial charge in [0.05, 0.1) is 18.6 Å². The number of nitrogens with zero attached hydrogens (tertiary/aromatic N) is 4. The highest BCUT2D eigenvalue weighted by Gasteiger charge is 2.17. The van der Waals surface area contributed by atoms with Crippen LogP contribution in [0.1, 0.15) is 12.5 Å². The Bertz CT molecular complexity index is 1310. The van der Waals surface area contributed by atoms with Gasteiger partial charge in [-0.2, -0.15) is 5.10 Å². The van der Waals surface area contributed by atoms with Crippen LogP contribution < -0.4 is 10.2 Å². The predicted molar refractivity (Wildman–Crippen MR) is 141 cm³/mol. The number of carbonyl (C=O) groups is 1. The Balaban J connectivity index is 1.46. The molecule has 0 saturated heterocycles. The Morgan fingerprint density at radius 1 is 1.00 bits per heavy atom. The number of nitrogens with one attached hydrogen (secondary N) is 1. The molecule has 4 rings (SSSR count). The summed E-state index contributed by atoms with van der Waals surface area (Å²) in [4.78, 5) is 12.4. The van der Waals surface area contributed by atoms with Crippen LogP contribution in [0.2, 0.25) is 10.0 Å². The molecule has 0 aliphatic carbocycles. The highest BCUT2D eigenvalue weighted by Crippen LogP contribution is 2.29. The number of hydrazone groups is 1. The summed E-state index contributed by atoms with van der Waals surface area (Å²) >= 11 is 13.4. The molecule has 0 aliphatic rings. The van der Waals surface area contributed by atoms with Crippen LogP contribution in [0.5, 0.6) is 5.75 Å². The third kappa shape index (κ3) is 6.63. The molecule has 0 fully saturated rings. The van der Waals surface area contributed by atoms with Gasteiger partial charge in [0, 0.05) is 21.3 Å². The van der Waals surface area contributed by atoms with Gasteiger partial charge in [-0.15, -0.1) is 10.2 Å². The van der Waals surface area contributed by atoms with E-state index in [1.165, 1.54) is 11.8 Å². The average Bonchev–Trinajstić information content (AvgIpc) is 3.29. The van der Waals surface area contributed by atoms with Crippen LogP contribution in [0.25, 0.3) is 17.1 Å². The number of hydrogen-bond donors (Lipinski definition) is 1. The van der Waals surface area contributed by atoms with Crippen LogP contribution in [0.15, 0.2) is 83.1 Å². The topological polar surface area (TPSA) is 81.4 Å². The lowest BCUT2D eigenvalue weighted by molar-refractivity contribution is -0.118. The second-order valence-electron chi connectivity index (χ2n) is 7.21. The Morgan fingerprint density at radius 3 is 2.31 bits per heavy atom. The summed E-state index contributed by atoms with van der Waals surface area (Å²) in [6.45, 7) is 2.54. The molecule has 0 atom stereocenters. The Hall–Kier alpha value is -3.33. The third-order valence-corrected chi connectivity index (χ3v) is 6.18. The Kier molecular flexibility index (Phi) is 8.41. The van der Waals surface area contributed by atoms with Crippen molar-refractivity contribution in [3.8, 4) is 22.8 Å². The Labute approximate surface area is 217 Å². The number of ether oxygens (including phenoxy) is 1. The smallest absolute Gasteiger partial charge is 0.250 e. The van der Waals surface area contributed by atoms with Crippen molar-refractivity contribution >= 4 is 47.1 Å². The van der Waals surface area contributed by atoms with Gasteiger partial charge in [-0.05, 0) is 85.3 Å². The van der Waals surface area contributed by atoms with Crippen molar-refractivity contribution in [3.63, 3.8) is 0 Å². The minimum Gasteiger partial charge on any atom is -0.494 e. The number of amides is 1. The SMILES string of the molecule is CCOc1ccc(/C=N/NC(=O)CSc2nnc(-c3ccc(Cl)cc3)n2-c2ccc(Cl)cc2)cc1. The van der Waals surface area contributed by atoms with Gasteiger partial charge in [-0.1, -0.05) is 35.0 Å². The summed E-state index contributed by atoms with van der Waals surface area (Å²) in [5.74, 6) is 1.25. The summed E-state index contributed by atoms with van der Waals surface area (Å²) in [6, 6.07) is 22.1. The molecule has 178 valence electrons. The zero-order valence-electron chi connectivity index (χ0n) is 18.7. The Morgan fingerprint density at radius 2 is 1.66 bits per heavy atom. The lowest BCUT2D eigenvalue weighted by atomic mass is 10.2. The molecule has 4 aromatic rings. The number of rotatable bonds is 9. The van der Waals surface area contributed by atoms with Crippen molar-refractivity contribution < 1.29 is 9.53 Å². The molecule has 0 aliphatic heterocycles. The first kappa shape index (κ1) is 24.8. The van der Waals surface area contributed by atoms with Crippen molar-refractivity contribution in [2.24, 2.45) is 5.10 Å². The number of aromatic nitrogens is 3. The molecule has 1 heterocycles. The van der Waals surface area contributed by atoms with Crippen molar-refractivity contribution in [1.82, 2.24) is 20.2 Å². The van der Waals surface area contributed by atoms with Crippen LogP contribution in [0.3, 0.4) is 0 Å². The molecular weight excluding hydrogens is 505 g/mol. The number of thioether (sulfide) groups is 1. The van der Waals surface area contributed by atoms with Gasteiger partial charge < -0.3 is 4.74 Å². The van der Waals surface area contributed by atoms with Gasteiger partial charge in [0.1, 0.15) is 5.75 Å². The van der Waals surface area contributed by atoms with E-state index in [0.717, 1.165) is 22.6 Å². The maximum atomic E-state index is 12.4. The van der Waals surface area contributed by atoms with Crippen molar-refractivity contribution in [3.05, 3.63) is 88.4 Å². The van der Waals surface area contributed by atoms with Crippen LogP contribution in [0.4, 0.5) is 0 Å². The van der Waals surface area contributed by atoms with Gasteiger partial charge in [0.15, 0.2) is 11.0 Å². The maximum Gasteiger partial charge on any atom is 0.250 e. The van der Waals surface area contributed by atoms with E-state index in [4.69, 9.17) is 27.9 Å². The molecule has 35 heavy (non-hydrogen) atoms. The standard InChI is InChI=1S/C25H21Cl2N5O2S/c1-2-34-22-13-3-17(4-14-22)15-28-29-23(33)16-35-25-31-30-24(18-5-7-19(26)8-6-18)32(25)21-11-9-20(27)10-12-21/h3-15H,2,16H2,1H3,(H,29,33)/b28-15+. The zero-order chi connectivity index (χ0) is 24.6. The first-order chi connectivity index (χ1) is 17.0. The van der Waals surface area contributed by atoms with E-state index in [0.29, 0.717) is 27.6 Å². The monoisotopic (exact) mass is 525 g/mol. The molecule has 0 saturated carbocycles. The molecule has 10 heteroatoms. The van der Waals surface area contributed by atoms with Crippen LogP contribution in [0, 0.1) is 0 Å². The van der Waals surface area contributed by atoms with Gasteiger partial charge >= 0.3 is 0 Å². The van der Waals surface area contributed by atoms with E-state index in [-0.39, 0.29) is 11.7 Å². The second kappa shape index (κ2) is 11.9. The summed E-state index contributed by atoms with van der Waals surface area (Å²) < 4.78 is 7.29. The lowest BCUT2D eigenvalue weighted by Gasteiger charge is -2.10. The largest absolute Gasteiger partial charge is 0.494 e. The van der Waals surface area contributed by atoms with Crippen molar-refractivity contribution in [2.45, 2.75) is 12.1 Å². The fourth-order valence-electron chi connectivity index (χ4n) is 3.13. The third-order valence-electron chi connectivity index (χ3n) is 4.75. The number of benzene rings is 3. The van der Waals surface area contributed by atoms with Crippen molar-refractivity contribution in [1.29, 1.82) is 0 Å². The van der Waals surface area contributed by atoms with Gasteiger partial charge in [0.25, 0.3) is 5.91 Å². The van der Waals surface area contributed by atoms with Gasteiger partial charge in [-0.25, -0.2) is 5.43 Å². The second-order valence-corrected chi connectivity index (χ2v) is 9.02. The molecule has 1 N–H and O–H groups in total. The highest BCUT2D eigenvalue weighted by molar-refractivity contribution is 7.99. The normalized spacial score (nSPS) is 11.1. The highest BCUT2D eigenvalue weighted by atomic mass is 35.5. The predicted octanol–water partition coefficient (Wildman–Crippen LogP) is 5.88. The molecule has 7 nitrogen and oxygen atoms in total. The molecule has 1 amide bonds.